The van der Waals surface area contributed by atoms with E-state index in [0.717, 1.165) is 25.0 Å². The lowest BCUT2D eigenvalue weighted by molar-refractivity contribution is 0.460. The zero-order valence-corrected chi connectivity index (χ0v) is 13.3. The van der Waals surface area contributed by atoms with Gasteiger partial charge in [0.15, 0.2) is 11.6 Å². The van der Waals surface area contributed by atoms with E-state index in [4.69, 9.17) is 0 Å². The van der Waals surface area contributed by atoms with Crippen LogP contribution in [0.15, 0.2) is 23.1 Å². The first-order chi connectivity index (χ1) is 10.5. The molecule has 0 aliphatic heterocycles. The number of rotatable bonds is 6. The molecule has 1 aliphatic rings. The van der Waals surface area contributed by atoms with E-state index in [2.05, 4.69) is 10.0 Å². The Morgan fingerprint density at radius 3 is 2.41 bits per heavy atom. The van der Waals surface area contributed by atoms with Crippen molar-refractivity contribution in [2.24, 2.45) is 0 Å². The van der Waals surface area contributed by atoms with Gasteiger partial charge >= 0.3 is 0 Å². The molecule has 2 rings (SSSR count). The average Bonchev–Trinajstić information content (AvgIpc) is 2.75. The Kier molecular flexibility index (Phi) is 6.28. The van der Waals surface area contributed by atoms with Crippen LogP contribution in [0.4, 0.5) is 8.78 Å². The normalized spacial score (nSPS) is 17.4. The van der Waals surface area contributed by atoms with Gasteiger partial charge in [0.2, 0.25) is 10.0 Å². The van der Waals surface area contributed by atoms with E-state index in [1.165, 1.54) is 31.7 Å². The van der Waals surface area contributed by atoms with Crippen LogP contribution >= 0.6 is 0 Å². The highest BCUT2D eigenvalue weighted by atomic mass is 32.2. The third kappa shape index (κ3) is 4.72. The molecule has 0 saturated heterocycles. The Balaban J connectivity index is 1.83. The number of halogens is 2. The molecule has 0 heterocycles. The van der Waals surface area contributed by atoms with Gasteiger partial charge in [-0.1, -0.05) is 31.7 Å². The van der Waals surface area contributed by atoms with E-state index in [1.807, 2.05) is 0 Å². The molecular formula is C15H22F2N2O2S. The van der Waals surface area contributed by atoms with Crippen LogP contribution < -0.4 is 10.0 Å². The van der Waals surface area contributed by atoms with Gasteiger partial charge < -0.3 is 5.32 Å². The smallest absolute Gasteiger partial charge is 0.243 e. The summed E-state index contributed by atoms with van der Waals surface area (Å²) in [6, 6.07) is 3.54. The van der Waals surface area contributed by atoms with E-state index >= 15 is 0 Å². The fourth-order valence-electron chi connectivity index (χ4n) is 2.71. The minimum Gasteiger partial charge on any atom is -0.313 e. The van der Waals surface area contributed by atoms with E-state index in [9.17, 15) is 17.2 Å². The Labute approximate surface area is 130 Å². The monoisotopic (exact) mass is 332 g/mol. The molecule has 1 aromatic rings. The topological polar surface area (TPSA) is 58.2 Å². The molecule has 0 bridgehead atoms. The van der Waals surface area contributed by atoms with E-state index in [1.54, 1.807) is 0 Å². The third-order valence-corrected chi connectivity index (χ3v) is 5.39. The first-order valence-electron chi connectivity index (χ1n) is 7.68. The van der Waals surface area contributed by atoms with Crippen molar-refractivity contribution in [1.29, 1.82) is 0 Å². The van der Waals surface area contributed by atoms with Gasteiger partial charge in [0.25, 0.3) is 0 Å². The van der Waals surface area contributed by atoms with Crippen LogP contribution in [-0.2, 0) is 10.0 Å². The maximum Gasteiger partial charge on any atom is 0.243 e. The Hall–Kier alpha value is -1.05. The summed E-state index contributed by atoms with van der Waals surface area (Å²) in [7, 11) is -4.03. The molecule has 0 amide bonds. The Morgan fingerprint density at radius 1 is 1.05 bits per heavy atom. The maximum atomic E-state index is 13.5. The highest BCUT2D eigenvalue weighted by Gasteiger charge is 2.21. The van der Waals surface area contributed by atoms with Crippen molar-refractivity contribution < 1.29 is 17.2 Å². The highest BCUT2D eigenvalue weighted by molar-refractivity contribution is 7.89. The molecule has 0 radical (unpaired) electrons. The van der Waals surface area contributed by atoms with Crippen molar-refractivity contribution in [3.8, 4) is 0 Å². The zero-order valence-electron chi connectivity index (χ0n) is 12.4. The first-order valence-corrected chi connectivity index (χ1v) is 9.16. The molecule has 7 heteroatoms. The molecule has 1 aliphatic carbocycles. The summed E-state index contributed by atoms with van der Waals surface area (Å²) in [5.74, 6) is -2.51. The quantitative estimate of drug-likeness (QED) is 0.622. The number of hydrogen-bond donors (Lipinski definition) is 2. The maximum absolute atomic E-state index is 13.5. The number of hydrogen-bond acceptors (Lipinski definition) is 3. The van der Waals surface area contributed by atoms with Gasteiger partial charge in [0, 0.05) is 19.1 Å². The van der Waals surface area contributed by atoms with Gasteiger partial charge in [0.1, 0.15) is 4.90 Å². The molecule has 1 aromatic carbocycles. The average molecular weight is 332 g/mol. The van der Waals surface area contributed by atoms with Crippen molar-refractivity contribution in [1.82, 2.24) is 10.0 Å². The summed E-state index contributed by atoms with van der Waals surface area (Å²) in [4.78, 5) is -0.651. The molecule has 0 atom stereocenters. The number of nitrogens with one attached hydrogen (secondary N) is 2. The van der Waals surface area contributed by atoms with Gasteiger partial charge in [-0.2, -0.15) is 0 Å². The van der Waals surface area contributed by atoms with Crippen molar-refractivity contribution in [2.75, 3.05) is 13.1 Å². The molecule has 4 nitrogen and oxygen atoms in total. The van der Waals surface area contributed by atoms with Crippen LogP contribution in [0.2, 0.25) is 0 Å². The molecule has 0 unspecified atom stereocenters. The zero-order chi connectivity index (χ0) is 16.0. The lowest BCUT2D eigenvalue weighted by atomic mass is 10.1. The van der Waals surface area contributed by atoms with E-state index in [0.29, 0.717) is 12.6 Å². The SMILES string of the molecule is O=S(=O)(NCCNC1CCCCCC1)c1cccc(F)c1F. The van der Waals surface area contributed by atoms with Crippen LogP contribution in [0.3, 0.4) is 0 Å². The lowest BCUT2D eigenvalue weighted by Gasteiger charge is -2.16. The molecule has 22 heavy (non-hydrogen) atoms. The summed E-state index contributed by atoms with van der Waals surface area (Å²) in [5, 5.41) is 3.32. The minimum atomic E-state index is -4.03. The molecule has 0 aromatic heterocycles. The van der Waals surface area contributed by atoms with Crippen molar-refractivity contribution >= 4 is 10.0 Å². The highest BCUT2D eigenvalue weighted by Crippen LogP contribution is 2.17. The minimum absolute atomic E-state index is 0.148. The molecule has 0 spiro atoms. The molecular weight excluding hydrogens is 310 g/mol. The van der Waals surface area contributed by atoms with Crippen molar-refractivity contribution in [2.45, 2.75) is 49.5 Å². The number of sulfonamides is 1. The fraction of sp³-hybridized carbons (Fsp3) is 0.600. The van der Waals surface area contributed by atoms with Gasteiger partial charge in [-0.15, -0.1) is 0 Å². The van der Waals surface area contributed by atoms with Crippen LogP contribution in [0.5, 0.6) is 0 Å². The van der Waals surface area contributed by atoms with Crippen LogP contribution in [-0.4, -0.2) is 27.5 Å². The van der Waals surface area contributed by atoms with Gasteiger partial charge in [-0.3, -0.25) is 0 Å². The molecule has 2 N–H and O–H groups in total. The summed E-state index contributed by atoms with van der Waals surface area (Å²) in [6.45, 7) is 0.621. The van der Waals surface area contributed by atoms with Gasteiger partial charge in [-0.05, 0) is 25.0 Å². The van der Waals surface area contributed by atoms with Crippen LogP contribution in [0, 0.1) is 11.6 Å². The van der Waals surface area contributed by atoms with Crippen molar-refractivity contribution in [3.05, 3.63) is 29.8 Å². The first kappa shape index (κ1) is 17.3. The Morgan fingerprint density at radius 2 is 1.73 bits per heavy atom. The largest absolute Gasteiger partial charge is 0.313 e. The summed E-state index contributed by atoms with van der Waals surface area (Å²) in [5.41, 5.74) is 0. The second-order valence-electron chi connectivity index (χ2n) is 5.59. The summed E-state index contributed by atoms with van der Waals surface area (Å²) in [6.07, 6.45) is 7.10. The lowest BCUT2D eigenvalue weighted by Crippen LogP contribution is -2.37. The van der Waals surface area contributed by atoms with E-state index < -0.39 is 26.6 Å². The molecule has 124 valence electrons. The summed E-state index contributed by atoms with van der Waals surface area (Å²) >= 11 is 0. The third-order valence-electron chi connectivity index (χ3n) is 3.91. The van der Waals surface area contributed by atoms with Gasteiger partial charge in [0.05, 0.1) is 0 Å². The standard InChI is InChI=1S/C15H22F2N2O2S/c16-13-8-5-9-14(15(13)17)22(20,21)19-11-10-18-12-6-3-1-2-4-7-12/h5,8-9,12,18-19H,1-4,6-7,10-11H2. The van der Waals surface area contributed by atoms with E-state index in [-0.39, 0.29) is 6.54 Å². The molecule has 1 saturated carbocycles. The predicted octanol–water partition coefficient (Wildman–Crippen LogP) is 2.56. The van der Waals surface area contributed by atoms with Gasteiger partial charge in [-0.25, -0.2) is 21.9 Å². The molecule has 1 fully saturated rings. The second kappa shape index (κ2) is 7.99. The van der Waals surface area contributed by atoms with Crippen LogP contribution in [0.25, 0.3) is 0 Å². The second-order valence-corrected chi connectivity index (χ2v) is 7.33. The van der Waals surface area contributed by atoms with Crippen molar-refractivity contribution in [3.63, 3.8) is 0 Å². The fourth-order valence-corrected chi connectivity index (χ4v) is 3.83. The van der Waals surface area contributed by atoms with Crippen LogP contribution in [0.1, 0.15) is 38.5 Å². The number of benzene rings is 1. The predicted molar refractivity (Wildman–Crippen MR) is 81.0 cm³/mol. The Bertz CT molecular complexity index is 585. The summed E-state index contributed by atoms with van der Waals surface area (Å²) < 4.78 is 52.9.